The molecule has 2 fully saturated rings. The van der Waals surface area contributed by atoms with Crippen molar-refractivity contribution in [3.8, 4) is 0 Å². The van der Waals surface area contributed by atoms with E-state index in [-0.39, 0.29) is 17.5 Å². The fourth-order valence-corrected chi connectivity index (χ4v) is 9.02. The topological polar surface area (TPSA) is 26.3 Å². The molecule has 0 N–H and O–H groups in total. The normalized spacial score (nSPS) is 38.1. The first kappa shape index (κ1) is 25.8. The van der Waals surface area contributed by atoms with Crippen molar-refractivity contribution < 1.29 is 9.53 Å². The lowest BCUT2D eigenvalue weighted by Crippen LogP contribution is -2.49. The van der Waals surface area contributed by atoms with E-state index in [1.165, 1.54) is 50.5 Å². The van der Waals surface area contributed by atoms with Gasteiger partial charge < -0.3 is 4.74 Å². The quantitative estimate of drug-likeness (QED) is 0.358. The standard InChI is InChI=1S/C34H48O2/c1-23(2)10-9-11-24(3)29-16-17-30-28-15-14-26-22-27(36-32(35)25-12-7-6-8-13-25)18-20-33(26,4)31(28)19-21-34(29,30)5/h6-8,12-15,22-24,27-31H,9-11,16-21H2,1-5H3/t24-,27-,28+,29-,30+,31+,33+,34-/m1/s1. The summed E-state index contributed by atoms with van der Waals surface area (Å²) < 4.78 is 5.93. The lowest BCUT2D eigenvalue weighted by Gasteiger charge is -2.57. The first-order chi connectivity index (χ1) is 17.2. The maximum Gasteiger partial charge on any atom is 0.338 e. The van der Waals surface area contributed by atoms with E-state index in [1.807, 2.05) is 30.3 Å². The predicted molar refractivity (Wildman–Crippen MR) is 149 cm³/mol. The molecule has 196 valence electrons. The zero-order valence-electron chi connectivity index (χ0n) is 23.3. The highest BCUT2D eigenvalue weighted by molar-refractivity contribution is 5.89. The van der Waals surface area contributed by atoms with Gasteiger partial charge in [0.25, 0.3) is 0 Å². The van der Waals surface area contributed by atoms with Crippen LogP contribution in [0.3, 0.4) is 0 Å². The average Bonchev–Trinajstić information content (AvgIpc) is 3.22. The first-order valence-electron chi connectivity index (χ1n) is 14.9. The van der Waals surface area contributed by atoms with Crippen LogP contribution in [0.25, 0.3) is 0 Å². The minimum Gasteiger partial charge on any atom is -0.455 e. The smallest absolute Gasteiger partial charge is 0.338 e. The van der Waals surface area contributed by atoms with Crippen molar-refractivity contribution in [2.24, 2.45) is 46.3 Å². The molecule has 0 aromatic heterocycles. The van der Waals surface area contributed by atoms with Gasteiger partial charge in [-0.15, -0.1) is 0 Å². The molecule has 2 saturated carbocycles. The molecule has 5 rings (SSSR count). The van der Waals surface area contributed by atoms with Gasteiger partial charge in [-0.1, -0.05) is 84.2 Å². The van der Waals surface area contributed by atoms with E-state index in [1.54, 1.807) is 0 Å². The van der Waals surface area contributed by atoms with E-state index in [0.717, 1.165) is 42.4 Å². The summed E-state index contributed by atoms with van der Waals surface area (Å²) in [5.41, 5.74) is 2.78. The number of hydrogen-bond donors (Lipinski definition) is 0. The highest BCUT2D eigenvalue weighted by Gasteiger charge is 2.58. The maximum absolute atomic E-state index is 12.7. The van der Waals surface area contributed by atoms with Crippen LogP contribution in [0.1, 0.15) is 103 Å². The fourth-order valence-electron chi connectivity index (χ4n) is 9.02. The van der Waals surface area contributed by atoms with E-state index in [2.05, 4.69) is 52.8 Å². The van der Waals surface area contributed by atoms with Crippen molar-refractivity contribution in [3.05, 3.63) is 59.7 Å². The van der Waals surface area contributed by atoms with Crippen molar-refractivity contribution in [1.29, 1.82) is 0 Å². The fraction of sp³-hybridized carbons (Fsp3) is 0.676. The second-order valence-electron chi connectivity index (χ2n) is 13.6. The molecular weight excluding hydrogens is 440 g/mol. The van der Waals surface area contributed by atoms with Gasteiger partial charge in [-0.2, -0.15) is 0 Å². The van der Waals surface area contributed by atoms with Gasteiger partial charge in [-0.25, -0.2) is 4.79 Å². The van der Waals surface area contributed by atoms with Crippen LogP contribution in [0.5, 0.6) is 0 Å². The Morgan fingerprint density at radius 1 is 0.972 bits per heavy atom. The molecule has 2 nitrogen and oxygen atoms in total. The molecule has 0 spiro atoms. The van der Waals surface area contributed by atoms with E-state index in [0.29, 0.717) is 16.9 Å². The Balaban J connectivity index is 1.30. The monoisotopic (exact) mass is 488 g/mol. The first-order valence-corrected chi connectivity index (χ1v) is 14.9. The van der Waals surface area contributed by atoms with Gasteiger partial charge in [-0.05, 0) is 109 Å². The highest BCUT2D eigenvalue weighted by Crippen LogP contribution is 2.66. The minimum absolute atomic E-state index is 0.113. The lowest BCUT2D eigenvalue weighted by molar-refractivity contribution is -0.0316. The van der Waals surface area contributed by atoms with Gasteiger partial charge in [0.2, 0.25) is 0 Å². The molecule has 0 aliphatic heterocycles. The molecule has 0 bridgehead atoms. The Labute approximate surface area is 220 Å². The minimum atomic E-state index is -0.202. The van der Waals surface area contributed by atoms with Crippen molar-refractivity contribution in [2.45, 2.75) is 98.5 Å². The summed E-state index contributed by atoms with van der Waals surface area (Å²) in [6.45, 7) is 12.4. The molecule has 2 heteroatoms. The third-order valence-corrected chi connectivity index (χ3v) is 11.1. The van der Waals surface area contributed by atoms with E-state index in [9.17, 15) is 4.79 Å². The van der Waals surface area contributed by atoms with Crippen molar-refractivity contribution in [1.82, 2.24) is 0 Å². The number of fused-ring (bicyclic) bond motifs is 5. The SMILES string of the molecule is CC(C)CCC[C@@H](C)[C@H]1CC[C@H]2[C@@H]3C=CC4=C[C@H](OC(=O)c5ccccc5)CC[C@]4(C)[C@H]3CC[C@]12C. The molecule has 4 aliphatic rings. The Kier molecular flexibility index (Phi) is 7.27. The van der Waals surface area contributed by atoms with Gasteiger partial charge in [0.05, 0.1) is 5.56 Å². The van der Waals surface area contributed by atoms with Crippen molar-refractivity contribution >= 4 is 5.97 Å². The van der Waals surface area contributed by atoms with Crippen molar-refractivity contribution in [2.75, 3.05) is 0 Å². The van der Waals surface area contributed by atoms with Crippen LogP contribution in [-0.2, 0) is 4.74 Å². The number of allylic oxidation sites excluding steroid dienone is 3. The summed E-state index contributed by atoms with van der Waals surface area (Å²) in [5, 5.41) is 0. The van der Waals surface area contributed by atoms with Gasteiger partial charge >= 0.3 is 5.97 Å². The number of hydrogen-bond acceptors (Lipinski definition) is 2. The molecule has 0 heterocycles. The van der Waals surface area contributed by atoms with E-state index >= 15 is 0 Å². The number of rotatable bonds is 7. The molecule has 0 unspecified atom stereocenters. The van der Waals surface area contributed by atoms with E-state index in [4.69, 9.17) is 4.74 Å². The summed E-state index contributed by atoms with van der Waals surface area (Å²) in [6, 6.07) is 9.41. The van der Waals surface area contributed by atoms with Crippen LogP contribution in [0.15, 0.2) is 54.1 Å². The van der Waals surface area contributed by atoms with Crippen LogP contribution in [0.4, 0.5) is 0 Å². The van der Waals surface area contributed by atoms with Crippen LogP contribution in [0, 0.1) is 46.3 Å². The van der Waals surface area contributed by atoms with Gasteiger partial charge in [0.15, 0.2) is 0 Å². The molecule has 4 aliphatic carbocycles. The number of esters is 1. The largest absolute Gasteiger partial charge is 0.455 e. The van der Waals surface area contributed by atoms with E-state index < -0.39 is 0 Å². The van der Waals surface area contributed by atoms with Gasteiger partial charge in [0.1, 0.15) is 6.10 Å². The summed E-state index contributed by atoms with van der Waals surface area (Å²) >= 11 is 0. The molecule has 0 radical (unpaired) electrons. The summed E-state index contributed by atoms with van der Waals surface area (Å²) in [5.74, 6) is 4.64. The summed E-state index contributed by atoms with van der Waals surface area (Å²) in [6.07, 6.45) is 19.0. The van der Waals surface area contributed by atoms with Crippen LogP contribution < -0.4 is 0 Å². The molecule has 0 amide bonds. The molecule has 36 heavy (non-hydrogen) atoms. The third-order valence-electron chi connectivity index (χ3n) is 11.1. The Morgan fingerprint density at radius 3 is 2.50 bits per heavy atom. The predicted octanol–water partition coefficient (Wildman–Crippen LogP) is 9.03. The Hall–Kier alpha value is -1.83. The molecular formula is C34H48O2. The van der Waals surface area contributed by atoms with Crippen LogP contribution in [-0.4, -0.2) is 12.1 Å². The van der Waals surface area contributed by atoms with Crippen molar-refractivity contribution in [3.63, 3.8) is 0 Å². The molecule has 1 aromatic carbocycles. The molecule has 8 atom stereocenters. The third kappa shape index (κ3) is 4.63. The second kappa shape index (κ2) is 10.1. The zero-order chi connectivity index (χ0) is 25.5. The second-order valence-corrected chi connectivity index (χ2v) is 13.6. The highest BCUT2D eigenvalue weighted by atomic mass is 16.5. The molecule has 1 aromatic rings. The summed E-state index contributed by atoms with van der Waals surface area (Å²) in [4.78, 5) is 12.7. The number of ether oxygens (including phenoxy) is 1. The molecule has 0 saturated heterocycles. The number of benzene rings is 1. The maximum atomic E-state index is 12.7. The van der Waals surface area contributed by atoms with Crippen LogP contribution in [0.2, 0.25) is 0 Å². The Morgan fingerprint density at radius 2 is 1.75 bits per heavy atom. The number of carbonyl (C=O) groups is 1. The lowest BCUT2D eigenvalue weighted by atomic mass is 9.48. The van der Waals surface area contributed by atoms with Crippen LogP contribution >= 0.6 is 0 Å². The van der Waals surface area contributed by atoms with Gasteiger partial charge in [-0.3, -0.25) is 0 Å². The van der Waals surface area contributed by atoms with Gasteiger partial charge in [0, 0.05) is 0 Å². The number of carbonyl (C=O) groups excluding carboxylic acids is 1. The average molecular weight is 489 g/mol. The summed E-state index contributed by atoms with van der Waals surface area (Å²) in [7, 11) is 0. The zero-order valence-corrected chi connectivity index (χ0v) is 23.3. The Bertz CT molecular complexity index is 990.